The largest absolute Gasteiger partial charge is 0.497 e. The summed E-state index contributed by atoms with van der Waals surface area (Å²) in [6, 6.07) is 7.37. The molecule has 1 aliphatic rings. The minimum Gasteiger partial charge on any atom is -0.497 e. The molecule has 2 N–H and O–H groups in total. The van der Waals surface area contributed by atoms with Crippen molar-refractivity contribution in [2.24, 2.45) is 5.73 Å². The Morgan fingerprint density at radius 3 is 2.73 bits per heavy atom. The minimum absolute atomic E-state index is 0.345. The Labute approximate surface area is 88.0 Å². The van der Waals surface area contributed by atoms with Gasteiger partial charge in [-0.2, -0.15) is 0 Å². The zero-order chi connectivity index (χ0) is 10.9. The van der Waals surface area contributed by atoms with Crippen LogP contribution in [0.3, 0.4) is 0 Å². The molecule has 0 aliphatic carbocycles. The first-order valence-corrected chi connectivity index (χ1v) is 4.71. The summed E-state index contributed by atoms with van der Waals surface area (Å²) in [7, 11) is 1.59. The van der Waals surface area contributed by atoms with Crippen LogP contribution in [-0.2, 0) is 14.9 Å². The molecule has 0 saturated carbocycles. The molecular weight excluding hydrogens is 194 g/mol. The van der Waals surface area contributed by atoms with Crippen LogP contribution >= 0.6 is 0 Å². The average molecular weight is 207 g/mol. The van der Waals surface area contributed by atoms with Gasteiger partial charge in [0, 0.05) is 0 Å². The molecule has 1 aromatic carbocycles. The molecule has 4 heteroatoms. The maximum Gasteiger partial charge on any atom is 0.232 e. The number of amides is 1. The second-order valence-corrected chi connectivity index (χ2v) is 3.67. The molecule has 0 radical (unpaired) electrons. The van der Waals surface area contributed by atoms with Gasteiger partial charge in [-0.1, -0.05) is 12.1 Å². The highest BCUT2D eigenvalue weighted by Crippen LogP contribution is 2.33. The third-order valence-electron chi connectivity index (χ3n) is 2.79. The van der Waals surface area contributed by atoms with E-state index in [1.54, 1.807) is 7.11 Å². The molecule has 2 rings (SSSR count). The first-order valence-electron chi connectivity index (χ1n) is 4.71. The van der Waals surface area contributed by atoms with E-state index in [0.717, 1.165) is 11.3 Å². The van der Waals surface area contributed by atoms with Gasteiger partial charge in [-0.3, -0.25) is 4.79 Å². The first kappa shape index (κ1) is 9.98. The summed E-state index contributed by atoms with van der Waals surface area (Å²) in [4.78, 5) is 11.4. The number of methoxy groups -OCH3 is 1. The van der Waals surface area contributed by atoms with Gasteiger partial charge in [-0.25, -0.2) is 0 Å². The van der Waals surface area contributed by atoms with Gasteiger partial charge in [0.1, 0.15) is 11.2 Å². The average Bonchev–Trinajstić information content (AvgIpc) is 2.16. The van der Waals surface area contributed by atoms with Gasteiger partial charge in [-0.05, 0) is 17.7 Å². The number of primary amides is 1. The molecule has 0 spiro atoms. The topological polar surface area (TPSA) is 61.5 Å². The molecule has 1 aliphatic heterocycles. The second kappa shape index (κ2) is 3.55. The normalized spacial score (nSPS) is 17.9. The Bertz CT molecular complexity index is 385. The van der Waals surface area contributed by atoms with E-state index in [2.05, 4.69) is 0 Å². The summed E-state index contributed by atoms with van der Waals surface area (Å²) in [5.74, 6) is 0.377. The first-order chi connectivity index (χ1) is 7.19. The summed E-state index contributed by atoms with van der Waals surface area (Å²) < 4.78 is 10.2. The van der Waals surface area contributed by atoms with E-state index in [0.29, 0.717) is 13.2 Å². The summed E-state index contributed by atoms with van der Waals surface area (Å²) >= 11 is 0. The third-order valence-corrected chi connectivity index (χ3v) is 2.79. The lowest BCUT2D eigenvalue weighted by Crippen LogP contribution is -2.56. The Morgan fingerprint density at radius 1 is 1.53 bits per heavy atom. The Balaban J connectivity index is 2.38. The number of carbonyl (C=O) groups is 1. The molecule has 80 valence electrons. The van der Waals surface area contributed by atoms with Gasteiger partial charge in [-0.15, -0.1) is 0 Å². The number of nitrogens with two attached hydrogens (primary N) is 1. The number of rotatable bonds is 3. The van der Waals surface area contributed by atoms with Crippen molar-refractivity contribution in [1.29, 1.82) is 0 Å². The Hall–Kier alpha value is -1.55. The van der Waals surface area contributed by atoms with Crippen molar-refractivity contribution >= 4 is 5.91 Å². The summed E-state index contributed by atoms with van der Waals surface area (Å²) in [5.41, 5.74) is 5.60. The lowest BCUT2D eigenvalue weighted by molar-refractivity contribution is -0.141. The predicted octanol–water partition coefficient (Wildman–Crippen LogP) is 0.448. The van der Waals surface area contributed by atoms with Crippen molar-refractivity contribution in [3.63, 3.8) is 0 Å². The van der Waals surface area contributed by atoms with Gasteiger partial charge in [0.2, 0.25) is 5.91 Å². The Morgan fingerprint density at radius 2 is 2.27 bits per heavy atom. The van der Waals surface area contributed by atoms with E-state index in [1.807, 2.05) is 24.3 Å². The number of carbonyl (C=O) groups excluding carboxylic acids is 1. The highest BCUT2D eigenvalue weighted by molar-refractivity contribution is 5.88. The standard InChI is InChI=1S/C11H13NO3/c1-14-9-4-2-3-8(5-9)11(10(12)13)6-15-7-11/h2-5H,6-7H2,1H3,(H2,12,13). The lowest BCUT2D eigenvalue weighted by atomic mass is 9.78. The fraction of sp³-hybridized carbons (Fsp3) is 0.364. The van der Waals surface area contributed by atoms with Gasteiger partial charge in [0.05, 0.1) is 20.3 Å². The van der Waals surface area contributed by atoms with Crippen LogP contribution in [0.1, 0.15) is 5.56 Å². The number of hydrogen-bond donors (Lipinski definition) is 1. The monoisotopic (exact) mass is 207 g/mol. The highest BCUT2D eigenvalue weighted by atomic mass is 16.5. The summed E-state index contributed by atoms with van der Waals surface area (Å²) in [6.07, 6.45) is 0. The van der Waals surface area contributed by atoms with Crippen molar-refractivity contribution in [2.45, 2.75) is 5.41 Å². The zero-order valence-electron chi connectivity index (χ0n) is 8.53. The van der Waals surface area contributed by atoms with E-state index < -0.39 is 5.41 Å². The maximum absolute atomic E-state index is 11.4. The number of ether oxygens (including phenoxy) is 2. The molecular formula is C11H13NO3. The van der Waals surface area contributed by atoms with E-state index in [-0.39, 0.29) is 5.91 Å². The van der Waals surface area contributed by atoms with E-state index in [9.17, 15) is 4.79 Å². The predicted molar refractivity (Wildman–Crippen MR) is 54.7 cm³/mol. The van der Waals surface area contributed by atoms with Gasteiger partial charge in [0.25, 0.3) is 0 Å². The van der Waals surface area contributed by atoms with E-state index in [1.165, 1.54) is 0 Å². The van der Waals surface area contributed by atoms with E-state index >= 15 is 0 Å². The quantitative estimate of drug-likeness (QED) is 0.782. The van der Waals surface area contributed by atoms with Crippen molar-refractivity contribution in [1.82, 2.24) is 0 Å². The van der Waals surface area contributed by atoms with Gasteiger partial charge >= 0.3 is 0 Å². The fourth-order valence-corrected chi connectivity index (χ4v) is 1.68. The lowest BCUT2D eigenvalue weighted by Gasteiger charge is -2.38. The molecule has 15 heavy (non-hydrogen) atoms. The van der Waals surface area contributed by atoms with Gasteiger partial charge < -0.3 is 15.2 Å². The van der Waals surface area contributed by atoms with Crippen LogP contribution in [0.2, 0.25) is 0 Å². The zero-order valence-corrected chi connectivity index (χ0v) is 8.53. The minimum atomic E-state index is -0.658. The third kappa shape index (κ3) is 1.47. The van der Waals surface area contributed by atoms with Crippen molar-refractivity contribution in [3.05, 3.63) is 29.8 Å². The molecule has 1 amide bonds. The molecule has 1 fully saturated rings. The molecule has 0 unspecified atom stereocenters. The van der Waals surface area contributed by atoms with Crippen LogP contribution in [0.15, 0.2) is 24.3 Å². The molecule has 1 heterocycles. The molecule has 0 bridgehead atoms. The van der Waals surface area contributed by atoms with Crippen LogP contribution in [0, 0.1) is 0 Å². The SMILES string of the molecule is COc1cccc(C2(C(N)=O)COC2)c1. The highest BCUT2D eigenvalue weighted by Gasteiger charge is 2.46. The van der Waals surface area contributed by atoms with Crippen molar-refractivity contribution in [2.75, 3.05) is 20.3 Å². The smallest absolute Gasteiger partial charge is 0.232 e. The Kier molecular flexibility index (Phi) is 2.36. The van der Waals surface area contributed by atoms with Gasteiger partial charge in [0.15, 0.2) is 0 Å². The molecule has 4 nitrogen and oxygen atoms in total. The van der Waals surface area contributed by atoms with Crippen LogP contribution < -0.4 is 10.5 Å². The van der Waals surface area contributed by atoms with Crippen molar-refractivity contribution < 1.29 is 14.3 Å². The van der Waals surface area contributed by atoms with E-state index in [4.69, 9.17) is 15.2 Å². The summed E-state index contributed by atoms with van der Waals surface area (Å²) in [6.45, 7) is 0.713. The number of hydrogen-bond acceptors (Lipinski definition) is 3. The summed E-state index contributed by atoms with van der Waals surface area (Å²) in [5, 5.41) is 0. The maximum atomic E-state index is 11.4. The fourth-order valence-electron chi connectivity index (χ4n) is 1.68. The molecule has 1 aromatic rings. The number of benzene rings is 1. The van der Waals surface area contributed by atoms with Crippen LogP contribution in [0.5, 0.6) is 5.75 Å². The van der Waals surface area contributed by atoms with Crippen LogP contribution in [-0.4, -0.2) is 26.2 Å². The van der Waals surface area contributed by atoms with Crippen LogP contribution in [0.25, 0.3) is 0 Å². The molecule has 0 atom stereocenters. The molecule has 1 saturated heterocycles. The second-order valence-electron chi connectivity index (χ2n) is 3.67. The van der Waals surface area contributed by atoms with Crippen LogP contribution in [0.4, 0.5) is 0 Å². The van der Waals surface area contributed by atoms with Crippen molar-refractivity contribution in [3.8, 4) is 5.75 Å². The molecule has 0 aromatic heterocycles.